The number of nitrogens with one attached hydrogen (secondary N) is 2. The summed E-state index contributed by atoms with van der Waals surface area (Å²) in [5.74, 6) is 1.44. The molecule has 0 radical (unpaired) electrons. The molecule has 0 saturated carbocycles. The zero-order valence-corrected chi connectivity index (χ0v) is 24.3. The summed E-state index contributed by atoms with van der Waals surface area (Å²) >= 11 is 0. The van der Waals surface area contributed by atoms with Crippen LogP contribution in [0.5, 0.6) is 0 Å². The number of nitrogens with zero attached hydrogens (tertiary/aromatic N) is 2. The van der Waals surface area contributed by atoms with Crippen molar-refractivity contribution < 1.29 is 23.8 Å². The smallest absolute Gasteiger partial charge is 0.323 e. The van der Waals surface area contributed by atoms with Crippen molar-refractivity contribution in [2.75, 3.05) is 33.5 Å². The van der Waals surface area contributed by atoms with Crippen molar-refractivity contribution in [3.63, 3.8) is 0 Å². The first-order chi connectivity index (χ1) is 19.4. The Labute approximate surface area is 237 Å². The predicted molar refractivity (Wildman–Crippen MR) is 156 cm³/mol. The Morgan fingerprint density at radius 3 is 2.65 bits per heavy atom. The first kappa shape index (κ1) is 30.0. The predicted octanol–water partition coefficient (Wildman–Crippen LogP) is 4.00. The van der Waals surface area contributed by atoms with Crippen LogP contribution in [0.4, 0.5) is 0 Å². The van der Waals surface area contributed by atoms with Crippen LogP contribution in [-0.2, 0) is 36.9 Å². The fourth-order valence-corrected chi connectivity index (χ4v) is 5.31. The Morgan fingerprint density at radius 1 is 1.20 bits per heavy atom. The third kappa shape index (κ3) is 8.02. The molecule has 0 bridgehead atoms. The van der Waals surface area contributed by atoms with Crippen molar-refractivity contribution in [1.29, 1.82) is 0 Å². The molecule has 0 aliphatic carbocycles. The third-order valence-corrected chi connectivity index (χ3v) is 7.44. The molecule has 40 heavy (non-hydrogen) atoms. The number of hydrogen-bond acceptors (Lipinski definition) is 8. The number of benzene rings is 1. The maximum Gasteiger partial charge on any atom is 0.323 e. The molecule has 3 heterocycles. The molecule has 2 aliphatic rings. The second-order valence-electron chi connectivity index (χ2n) is 11.3. The molecular weight excluding hydrogens is 508 g/mol. The SMILES string of the molecule is CN/C=C(\C=C(\C)C=O)c1nc2cc(CNC(CC(C)C)C(=O)OC3CCOC3)ccc2n1CC1CCOCC1. The van der Waals surface area contributed by atoms with E-state index in [0.717, 1.165) is 73.3 Å². The molecule has 9 heteroatoms. The van der Waals surface area contributed by atoms with Gasteiger partial charge >= 0.3 is 5.97 Å². The van der Waals surface area contributed by atoms with Gasteiger partial charge < -0.3 is 29.4 Å². The first-order valence-corrected chi connectivity index (χ1v) is 14.5. The van der Waals surface area contributed by atoms with Crippen molar-refractivity contribution >= 4 is 28.9 Å². The minimum absolute atomic E-state index is 0.157. The van der Waals surface area contributed by atoms with Crippen LogP contribution in [0.2, 0.25) is 0 Å². The Morgan fingerprint density at radius 2 is 1.98 bits per heavy atom. The van der Waals surface area contributed by atoms with Crippen molar-refractivity contribution in [3.05, 3.63) is 47.4 Å². The van der Waals surface area contributed by atoms with Crippen LogP contribution in [0.3, 0.4) is 0 Å². The van der Waals surface area contributed by atoms with E-state index in [2.05, 4.69) is 47.2 Å². The van der Waals surface area contributed by atoms with Gasteiger partial charge in [0.25, 0.3) is 0 Å². The quantitative estimate of drug-likeness (QED) is 0.166. The molecule has 218 valence electrons. The Balaban J connectivity index is 1.60. The van der Waals surface area contributed by atoms with E-state index in [1.807, 2.05) is 19.3 Å². The molecule has 9 nitrogen and oxygen atoms in total. The third-order valence-electron chi connectivity index (χ3n) is 7.44. The average molecular weight is 553 g/mol. The van der Waals surface area contributed by atoms with Gasteiger partial charge in [0, 0.05) is 51.5 Å². The highest BCUT2D eigenvalue weighted by molar-refractivity contribution is 5.86. The zero-order chi connectivity index (χ0) is 28.5. The monoisotopic (exact) mass is 552 g/mol. The molecule has 0 spiro atoms. The van der Waals surface area contributed by atoms with Gasteiger partial charge in [0.15, 0.2) is 0 Å². The minimum atomic E-state index is -0.389. The van der Waals surface area contributed by atoms with Gasteiger partial charge in [0.1, 0.15) is 24.3 Å². The van der Waals surface area contributed by atoms with Crippen LogP contribution in [0.1, 0.15) is 57.8 Å². The van der Waals surface area contributed by atoms with Gasteiger partial charge in [-0.3, -0.25) is 9.59 Å². The summed E-state index contributed by atoms with van der Waals surface area (Å²) in [6.07, 6.45) is 7.91. The minimum Gasteiger partial charge on any atom is -0.459 e. The standard InChI is InChI=1S/C31H44N4O5/c1-21(2)13-28(31(37)40-26-9-12-39-20-26)33-16-24-5-6-29-27(15-24)34-30(25(17-32-4)14-22(3)19-36)35(29)18-23-7-10-38-11-8-23/h5-6,14-15,17,19,21,23,26,28,32-33H,7-13,16,18,20H2,1-4H3/b22-14-,25-17+. The molecule has 4 rings (SSSR count). The highest BCUT2D eigenvalue weighted by atomic mass is 16.6. The van der Waals surface area contributed by atoms with Gasteiger partial charge in [-0.05, 0) is 67.4 Å². The van der Waals surface area contributed by atoms with E-state index < -0.39 is 0 Å². The highest BCUT2D eigenvalue weighted by Crippen LogP contribution is 2.28. The number of carbonyl (C=O) groups excluding carboxylic acids is 2. The van der Waals surface area contributed by atoms with Crippen molar-refractivity contribution in [3.8, 4) is 0 Å². The van der Waals surface area contributed by atoms with E-state index in [-0.39, 0.29) is 18.1 Å². The molecule has 2 atom stereocenters. The Bertz CT molecular complexity index is 1210. The molecule has 0 amide bonds. The number of carbonyl (C=O) groups is 2. The Kier molecular flexibility index (Phi) is 10.9. The lowest BCUT2D eigenvalue weighted by Gasteiger charge is -2.24. The molecule has 2 fully saturated rings. The zero-order valence-electron chi connectivity index (χ0n) is 24.3. The van der Waals surface area contributed by atoms with E-state index >= 15 is 0 Å². The second-order valence-corrected chi connectivity index (χ2v) is 11.3. The van der Waals surface area contributed by atoms with E-state index in [9.17, 15) is 9.59 Å². The molecule has 2 aromatic rings. The molecule has 1 aromatic heterocycles. The molecule has 2 unspecified atom stereocenters. The summed E-state index contributed by atoms with van der Waals surface area (Å²) in [6, 6.07) is 5.90. The van der Waals surface area contributed by atoms with Crippen LogP contribution in [0.25, 0.3) is 16.6 Å². The normalized spacial score (nSPS) is 19.8. The lowest BCUT2D eigenvalue weighted by Crippen LogP contribution is -2.40. The van der Waals surface area contributed by atoms with Crippen molar-refractivity contribution in [2.45, 2.75) is 71.7 Å². The number of aromatic nitrogens is 2. The summed E-state index contributed by atoms with van der Waals surface area (Å²) in [5, 5.41) is 6.55. The number of allylic oxidation sites excluding steroid dienone is 3. The van der Waals surface area contributed by atoms with Gasteiger partial charge in [-0.1, -0.05) is 19.9 Å². The number of fused-ring (bicyclic) bond motifs is 1. The van der Waals surface area contributed by atoms with E-state index in [4.69, 9.17) is 19.2 Å². The lowest BCUT2D eigenvalue weighted by molar-refractivity contribution is -0.152. The van der Waals surface area contributed by atoms with E-state index in [1.54, 1.807) is 6.92 Å². The number of hydrogen-bond donors (Lipinski definition) is 2. The number of ether oxygens (including phenoxy) is 3. The largest absolute Gasteiger partial charge is 0.459 e. The van der Waals surface area contributed by atoms with Crippen LogP contribution < -0.4 is 10.6 Å². The number of imidazole rings is 1. The summed E-state index contributed by atoms with van der Waals surface area (Å²) in [5.41, 5.74) is 4.45. The maximum atomic E-state index is 12.9. The Hall–Kier alpha value is -3.01. The van der Waals surface area contributed by atoms with Crippen LogP contribution >= 0.6 is 0 Å². The fourth-order valence-electron chi connectivity index (χ4n) is 5.31. The fraction of sp³-hybridized carbons (Fsp3) is 0.581. The van der Waals surface area contributed by atoms with Gasteiger partial charge in [0.2, 0.25) is 0 Å². The maximum absolute atomic E-state index is 12.9. The van der Waals surface area contributed by atoms with Gasteiger partial charge in [-0.25, -0.2) is 4.98 Å². The highest BCUT2D eigenvalue weighted by Gasteiger charge is 2.27. The van der Waals surface area contributed by atoms with Crippen molar-refractivity contribution in [1.82, 2.24) is 20.2 Å². The van der Waals surface area contributed by atoms with E-state index in [1.165, 1.54) is 0 Å². The number of rotatable bonds is 13. The molecule has 2 aliphatic heterocycles. The topological polar surface area (TPSA) is 104 Å². The summed E-state index contributed by atoms with van der Waals surface area (Å²) in [4.78, 5) is 29.4. The summed E-state index contributed by atoms with van der Waals surface area (Å²) in [6.45, 7) is 10.0. The molecular formula is C31H44N4O5. The van der Waals surface area contributed by atoms with Crippen molar-refractivity contribution in [2.24, 2.45) is 11.8 Å². The first-order valence-electron chi connectivity index (χ1n) is 14.5. The van der Waals surface area contributed by atoms with Gasteiger partial charge in [-0.15, -0.1) is 0 Å². The summed E-state index contributed by atoms with van der Waals surface area (Å²) < 4.78 is 18.9. The number of esters is 1. The average Bonchev–Trinajstić information content (AvgIpc) is 3.58. The van der Waals surface area contributed by atoms with Crippen LogP contribution in [0, 0.1) is 11.8 Å². The van der Waals surface area contributed by atoms with E-state index in [0.29, 0.717) is 43.6 Å². The van der Waals surface area contributed by atoms with Gasteiger partial charge in [-0.2, -0.15) is 0 Å². The van der Waals surface area contributed by atoms with Gasteiger partial charge in [0.05, 0.1) is 24.2 Å². The molecule has 1 aromatic carbocycles. The number of aldehydes is 1. The molecule has 2 saturated heterocycles. The second kappa shape index (κ2) is 14.6. The molecule has 2 N–H and O–H groups in total. The summed E-state index contributed by atoms with van der Waals surface area (Å²) in [7, 11) is 1.84. The lowest BCUT2D eigenvalue weighted by atomic mass is 10.00. The van der Waals surface area contributed by atoms with Crippen LogP contribution in [0.15, 0.2) is 36.0 Å². The van der Waals surface area contributed by atoms with Crippen LogP contribution in [-0.4, -0.2) is 67.4 Å².